The van der Waals surface area contributed by atoms with Crippen LogP contribution in [-0.2, 0) is 11.8 Å². The normalized spacial score (nSPS) is 17.2. The molecule has 2 aromatic rings. The Morgan fingerprint density at radius 1 is 1.09 bits per heavy atom. The van der Waals surface area contributed by atoms with Gasteiger partial charge in [0, 0.05) is 0 Å². The maximum atomic E-state index is 13.0. The maximum Gasteiger partial charge on any atom is 0.123 e. The molecule has 0 saturated heterocycles. The minimum absolute atomic E-state index is 0.188. The Hall–Kier alpha value is -1.89. The number of aryl methyl sites for hydroxylation is 1. The molecule has 0 saturated carbocycles. The standard InChI is InChI=1S/C21H23F/c1-15(17-8-10-19(22)11-9-17)13-16-6-7-18-5-4-12-21(2,3)20(18)14-16/h6-11,13-14H,4-5,12H2,1-3H3. The van der Waals surface area contributed by atoms with Crippen molar-refractivity contribution in [1.29, 1.82) is 0 Å². The molecule has 0 aromatic heterocycles. The molecule has 0 radical (unpaired) electrons. The molecular weight excluding hydrogens is 271 g/mol. The van der Waals surface area contributed by atoms with Crippen LogP contribution in [0.4, 0.5) is 4.39 Å². The average molecular weight is 294 g/mol. The number of benzene rings is 2. The van der Waals surface area contributed by atoms with Crippen molar-refractivity contribution in [2.45, 2.75) is 45.4 Å². The van der Waals surface area contributed by atoms with Gasteiger partial charge >= 0.3 is 0 Å². The molecule has 1 heteroatoms. The summed E-state index contributed by atoms with van der Waals surface area (Å²) >= 11 is 0. The van der Waals surface area contributed by atoms with Crippen molar-refractivity contribution in [3.8, 4) is 0 Å². The van der Waals surface area contributed by atoms with E-state index in [4.69, 9.17) is 0 Å². The van der Waals surface area contributed by atoms with Crippen molar-refractivity contribution < 1.29 is 4.39 Å². The molecule has 0 fully saturated rings. The number of hydrogen-bond acceptors (Lipinski definition) is 0. The summed E-state index contributed by atoms with van der Waals surface area (Å²) < 4.78 is 13.0. The van der Waals surface area contributed by atoms with E-state index in [9.17, 15) is 4.39 Å². The Balaban J connectivity index is 1.96. The first-order valence-electron chi connectivity index (χ1n) is 8.03. The first kappa shape index (κ1) is 15.0. The van der Waals surface area contributed by atoms with Gasteiger partial charge in [-0.3, -0.25) is 0 Å². The molecule has 0 nitrogen and oxygen atoms in total. The number of allylic oxidation sites excluding steroid dienone is 1. The van der Waals surface area contributed by atoms with E-state index in [1.165, 1.54) is 48.1 Å². The third-order valence-electron chi connectivity index (χ3n) is 4.79. The molecule has 0 bridgehead atoms. The summed E-state index contributed by atoms with van der Waals surface area (Å²) in [7, 11) is 0. The molecule has 0 atom stereocenters. The van der Waals surface area contributed by atoms with Crippen molar-refractivity contribution in [1.82, 2.24) is 0 Å². The highest BCUT2D eigenvalue weighted by Crippen LogP contribution is 2.37. The van der Waals surface area contributed by atoms with Crippen LogP contribution >= 0.6 is 0 Å². The summed E-state index contributed by atoms with van der Waals surface area (Å²) in [4.78, 5) is 0. The van der Waals surface area contributed by atoms with Crippen molar-refractivity contribution in [2.24, 2.45) is 0 Å². The highest BCUT2D eigenvalue weighted by molar-refractivity contribution is 5.80. The quantitative estimate of drug-likeness (QED) is 0.596. The molecule has 0 amide bonds. The Bertz CT molecular complexity index is 705. The van der Waals surface area contributed by atoms with E-state index in [-0.39, 0.29) is 11.2 Å². The molecule has 0 aliphatic heterocycles. The van der Waals surface area contributed by atoms with Crippen molar-refractivity contribution in [3.63, 3.8) is 0 Å². The molecule has 1 aliphatic carbocycles. The zero-order chi connectivity index (χ0) is 15.7. The van der Waals surface area contributed by atoms with E-state index >= 15 is 0 Å². The van der Waals surface area contributed by atoms with Gasteiger partial charge in [-0.1, -0.05) is 50.3 Å². The van der Waals surface area contributed by atoms with Gasteiger partial charge in [0.25, 0.3) is 0 Å². The first-order valence-corrected chi connectivity index (χ1v) is 8.03. The average Bonchev–Trinajstić information content (AvgIpc) is 2.48. The highest BCUT2D eigenvalue weighted by atomic mass is 19.1. The summed E-state index contributed by atoms with van der Waals surface area (Å²) in [5.74, 6) is -0.188. The molecule has 2 aromatic carbocycles. The lowest BCUT2D eigenvalue weighted by Gasteiger charge is -2.32. The van der Waals surface area contributed by atoms with Crippen LogP contribution in [0.15, 0.2) is 42.5 Å². The number of hydrogen-bond donors (Lipinski definition) is 0. The van der Waals surface area contributed by atoms with Crippen LogP contribution in [0, 0.1) is 5.82 Å². The summed E-state index contributed by atoms with van der Waals surface area (Å²) in [6.45, 7) is 6.76. The largest absolute Gasteiger partial charge is 0.207 e. The minimum Gasteiger partial charge on any atom is -0.207 e. The maximum absolute atomic E-state index is 13.0. The zero-order valence-electron chi connectivity index (χ0n) is 13.6. The van der Waals surface area contributed by atoms with Crippen LogP contribution in [-0.4, -0.2) is 0 Å². The lowest BCUT2D eigenvalue weighted by atomic mass is 9.72. The van der Waals surface area contributed by atoms with E-state index in [1.54, 1.807) is 0 Å². The second-order valence-corrected chi connectivity index (χ2v) is 6.99. The van der Waals surface area contributed by atoms with Crippen LogP contribution in [0.1, 0.15) is 55.9 Å². The molecule has 114 valence electrons. The third kappa shape index (κ3) is 2.99. The number of halogens is 1. The second-order valence-electron chi connectivity index (χ2n) is 6.99. The van der Waals surface area contributed by atoms with Crippen molar-refractivity contribution in [3.05, 3.63) is 70.5 Å². The second kappa shape index (κ2) is 5.72. The Kier molecular flexibility index (Phi) is 3.90. The van der Waals surface area contributed by atoms with Crippen LogP contribution in [0.5, 0.6) is 0 Å². The van der Waals surface area contributed by atoms with Gasteiger partial charge in [-0.05, 0) is 71.6 Å². The Morgan fingerprint density at radius 3 is 2.55 bits per heavy atom. The summed E-state index contributed by atoms with van der Waals surface area (Å²) in [5, 5.41) is 0. The lowest BCUT2D eigenvalue weighted by molar-refractivity contribution is 0.432. The Labute approximate surface area is 132 Å². The van der Waals surface area contributed by atoms with E-state index in [0.717, 1.165) is 11.1 Å². The zero-order valence-corrected chi connectivity index (χ0v) is 13.6. The highest BCUT2D eigenvalue weighted by Gasteiger charge is 2.27. The van der Waals surface area contributed by atoms with Crippen LogP contribution in [0.3, 0.4) is 0 Å². The number of fused-ring (bicyclic) bond motifs is 1. The van der Waals surface area contributed by atoms with Gasteiger partial charge in [-0.15, -0.1) is 0 Å². The fraction of sp³-hybridized carbons (Fsp3) is 0.333. The van der Waals surface area contributed by atoms with E-state index in [1.807, 2.05) is 12.1 Å². The fourth-order valence-corrected chi connectivity index (χ4v) is 3.43. The van der Waals surface area contributed by atoms with Gasteiger partial charge in [0.1, 0.15) is 5.82 Å². The van der Waals surface area contributed by atoms with Crippen molar-refractivity contribution in [2.75, 3.05) is 0 Å². The summed E-state index contributed by atoms with van der Waals surface area (Å²) in [6.07, 6.45) is 5.92. The van der Waals surface area contributed by atoms with Gasteiger partial charge in [0.15, 0.2) is 0 Å². The summed E-state index contributed by atoms with van der Waals surface area (Å²) in [5.41, 5.74) is 6.70. The van der Waals surface area contributed by atoms with E-state index in [2.05, 4.69) is 45.0 Å². The van der Waals surface area contributed by atoms with E-state index in [0.29, 0.717) is 0 Å². The van der Waals surface area contributed by atoms with Gasteiger partial charge < -0.3 is 0 Å². The lowest BCUT2D eigenvalue weighted by Crippen LogP contribution is -2.23. The van der Waals surface area contributed by atoms with Gasteiger partial charge in [-0.25, -0.2) is 4.39 Å². The van der Waals surface area contributed by atoms with Crippen molar-refractivity contribution >= 4 is 11.6 Å². The minimum atomic E-state index is -0.188. The molecule has 3 rings (SSSR count). The molecule has 0 N–H and O–H groups in total. The van der Waals surface area contributed by atoms with Gasteiger partial charge in [0.2, 0.25) is 0 Å². The molecular formula is C21H23F. The molecule has 0 heterocycles. The summed E-state index contributed by atoms with van der Waals surface area (Å²) in [6, 6.07) is 13.5. The predicted molar refractivity (Wildman–Crippen MR) is 92.4 cm³/mol. The molecule has 0 spiro atoms. The third-order valence-corrected chi connectivity index (χ3v) is 4.79. The molecule has 22 heavy (non-hydrogen) atoms. The van der Waals surface area contributed by atoms with Crippen LogP contribution in [0.2, 0.25) is 0 Å². The van der Waals surface area contributed by atoms with Gasteiger partial charge in [0.05, 0.1) is 0 Å². The smallest absolute Gasteiger partial charge is 0.123 e. The monoisotopic (exact) mass is 294 g/mol. The first-order chi connectivity index (χ1) is 10.5. The molecule has 1 aliphatic rings. The van der Waals surface area contributed by atoms with E-state index < -0.39 is 0 Å². The van der Waals surface area contributed by atoms with Crippen LogP contribution in [0.25, 0.3) is 11.6 Å². The number of rotatable bonds is 2. The molecule has 0 unspecified atom stereocenters. The fourth-order valence-electron chi connectivity index (χ4n) is 3.43. The topological polar surface area (TPSA) is 0 Å². The van der Waals surface area contributed by atoms with Gasteiger partial charge in [-0.2, -0.15) is 0 Å². The Morgan fingerprint density at radius 2 is 1.82 bits per heavy atom. The SMILES string of the molecule is CC(=Cc1ccc2c(c1)C(C)(C)CCC2)c1ccc(F)cc1. The van der Waals surface area contributed by atoms with Crippen LogP contribution < -0.4 is 0 Å². The predicted octanol–water partition coefficient (Wildman–Crippen LogP) is 6.00.